The van der Waals surface area contributed by atoms with E-state index in [0.717, 1.165) is 137 Å². The second kappa shape index (κ2) is 40.4. The van der Waals surface area contributed by atoms with Gasteiger partial charge in [-0.2, -0.15) is 0 Å². The number of halogens is 7. The molecule has 0 spiro atoms. The van der Waals surface area contributed by atoms with Crippen molar-refractivity contribution in [2.45, 2.75) is 34.1 Å². The number of anilines is 2. The van der Waals surface area contributed by atoms with Crippen LogP contribution in [0.1, 0.15) is 90.6 Å². The smallest absolute Gasteiger partial charge is 0.340 e. The van der Waals surface area contributed by atoms with Gasteiger partial charge in [0, 0.05) is 99.2 Å². The first kappa shape index (κ1) is 86.0. The van der Waals surface area contributed by atoms with Crippen molar-refractivity contribution in [3.63, 3.8) is 0 Å². The van der Waals surface area contributed by atoms with Crippen molar-refractivity contribution >= 4 is 266 Å². The van der Waals surface area contributed by atoms with Gasteiger partial charge in [0.1, 0.15) is 0 Å². The number of H-pyrrole nitrogens is 1. The minimum atomic E-state index is -0.462. The Hall–Kier alpha value is -8.02. The number of rotatable bonds is 15. The standard InChI is InChI=1S/2C20H22IN3O.C15H10INO3.C15H12INO2.C15H10INO2.2ClH/c2*1-3-24(4-2)11-10-22-20(25)17-7-5-6-15-12-14-8-9-16(21)13-18(14)23-19(15)17;1-20-15(19)11-4-2-3-10-13(11)17-12-7-8(16)5-6-9(12)14(10)18;2*1-19-15(18)12-4-2-3-10-7-9-5-6-11(16)8-13(9)17-14(10)12;;/h2*5-9,12-13H,3-4,10-11H2,1-2H3,(H,22,25);2-7H,1H3,(H,17,18);2-6,8,17H,7H2,1H3;2-8H,1H3;2*1H. The maximum absolute atomic E-state index is 12.6. The summed E-state index contributed by atoms with van der Waals surface area (Å²) in [7, 11) is 4.11. The van der Waals surface area contributed by atoms with Crippen molar-refractivity contribution < 1.29 is 38.2 Å². The first-order chi connectivity index (χ1) is 52.2. The number of ether oxygens (including phenoxy) is 3. The predicted molar refractivity (Wildman–Crippen MR) is 491 cm³/mol. The number of esters is 3. The number of carbonyl (C=O) groups excluding carboxylic acids is 5. The van der Waals surface area contributed by atoms with Crippen molar-refractivity contribution in [1.29, 1.82) is 0 Å². The summed E-state index contributed by atoms with van der Waals surface area (Å²) in [6, 6.07) is 64.4. The number of para-hydroxylation sites is 5. The molecule has 25 heteroatoms. The van der Waals surface area contributed by atoms with E-state index in [1.807, 2.05) is 109 Å². The van der Waals surface area contributed by atoms with Crippen LogP contribution in [0.2, 0.25) is 0 Å². The summed E-state index contributed by atoms with van der Waals surface area (Å²) in [4.78, 5) is 95.0. The highest BCUT2D eigenvalue weighted by Gasteiger charge is 2.23. The van der Waals surface area contributed by atoms with Crippen molar-refractivity contribution in [2.24, 2.45) is 0 Å². The Morgan fingerprint density at radius 1 is 0.418 bits per heavy atom. The van der Waals surface area contributed by atoms with Gasteiger partial charge in [-0.25, -0.2) is 29.3 Å². The Morgan fingerprint density at radius 2 is 0.809 bits per heavy atom. The van der Waals surface area contributed by atoms with Crippen LogP contribution < -0.4 is 21.4 Å². The molecule has 0 unspecified atom stereocenters. The number of carbonyl (C=O) groups is 5. The van der Waals surface area contributed by atoms with E-state index < -0.39 is 5.97 Å². The molecule has 1 aliphatic heterocycles. The molecule has 566 valence electrons. The van der Waals surface area contributed by atoms with Gasteiger partial charge in [-0.15, -0.1) is 24.8 Å². The summed E-state index contributed by atoms with van der Waals surface area (Å²) >= 11 is 11.3. The van der Waals surface area contributed by atoms with Crippen molar-refractivity contribution in [1.82, 2.24) is 40.4 Å². The zero-order valence-electron chi connectivity index (χ0n) is 61.0. The zero-order chi connectivity index (χ0) is 76.7. The van der Waals surface area contributed by atoms with Crippen LogP contribution in [-0.4, -0.2) is 133 Å². The fraction of sp³-hybridized carbons (Fsp3) is 0.188. The molecule has 15 rings (SSSR count). The molecule has 110 heavy (non-hydrogen) atoms. The van der Waals surface area contributed by atoms with Gasteiger partial charge in [-0.3, -0.25) is 14.4 Å². The van der Waals surface area contributed by atoms with Gasteiger partial charge in [0.15, 0.2) is 5.43 Å². The van der Waals surface area contributed by atoms with Gasteiger partial charge in [0.05, 0.1) is 99.0 Å². The summed E-state index contributed by atoms with van der Waals surface area (Å²) in [5.41, 5.74) is 13.1. The maximum Gasteiger partial charge on any atom is 0.340 e. The summed E-state index contributed by atoms with van der Waals surface area (Å²) in [6.07, 6.45) is 0.833. The Kier molecular flexibility index (Phi) is 31.6. The summed E-state index contributed by atoms with van der Waals surface area (Å²) in [5, 5.41) is 16.7. The molecular weight excluding hydrogens is 2000 g/mol. The highest BCUT2D eigenvalue weighted by molar-refractivity contribution is 14.1. The molecule has 0 aliphatic carbocycles. The molecule has 0 atom stereocenters. The highest BCUT2D eigenvalue weighted by Crippen LogP contribution is 2.37. The van der Waals surface area contributed by atoms with Crippen molar-refractivity contribution in [3.05, 3.63) is 267 Å². The van der Waals surface area contributed by atoms with Crippen LogP contribution in [0.15, 0.2) is 205 Å². The second-order valence-electron chi connectivity index (χ2n) is 25.0. The summed E-state index contributed by atoms with van der Waals surface area (Å²) in [6.45, 7) is 15.5. The second-order valence-corrected chi connectivity index (χ2v) is 31.2. The van der Waals surface area contributed by atoms with Crippen LogP contribution in [0.5, 0.6) is 0 Å². The van der Waals surface area contributed by atoms with E-state index in [1.165, 1.54) is 30.5 Å². The summed E-state index contributed by atoms with van der Waals surface area (Å²) < 4.78 is 20.0. The minimum Gasteiger partial charge on any atom is -0.465 e. The number of likely N-dealkylation sites (N-methyl/N-ethyl adjacent to an activating group) is 2. The van der Waals surface area contributed by atoms with Gasteiger partial charge in [-0.05, 0) is 272 Å². The van der Waals surface area contributed by atoms with Gasteiger partial charge in [-0.1, -0.05) is 107 Å². The fourth-order valence-electron chi connectivity index (χ4n) is 12.6. The molecule has 5 heterocycles. The number of methoxy groups -OCH3 is 3. The number of fused-ring (bicyclic) bond motifs is 10. The molecule has 14 aromatic rings. The third kappa shape index (κ3) is 20.8. The van der Waals surface area contributed by atoms with Gasteiger partial charge >= 0.3 is 17.9 Å². The Morgan fingerprint density at radius 3 is 1.29 bits per heavy atom. The Labute approximate surface area is 717 Å². The monoisotopic (exact) mass is 2070 g/mol. The zero-order valence-corrected chi connectivity index (χ0v) is 73.5. The number of nitrogens with zero attached hydrogens (tertiary/aromatic N) is 5. The molecule has 0 saturated heterocycles. The lowest BCUT2D eigenvalue weighted by Gasteiger charge is -2.23. The third-order valence-corrected chi connectivity index (χ3v) is 21.7. The SMILES string of the molecule is CCN(CC)CCNC(=O)c1cccc2cc3ccc(I)cc3nc12.CCN(CC)CCNC(=O)c1cccc2cc3ccc(I)cc3nc12.COC(=O)c1cccc2c(=O)c3ccc(I)cc3[nH]c12.COC(=O)c1cccc2c1Nc1cc(I)ccc1C2.COC(=O)c1cccc2cc3ccc(I)cc3nc12.Cl.Cl. The van der Waals surface area contributed by atoms with E-state index in [9.17, 15) is 28.8 Å². The molecule has 0 bridgehead atoms. The van der Waals surface area contributed by atoms with Gasteiger partial charge in [0.2, 0.25) is 0 Å². The lowest BCUT2D eigenvalue weighted by atomic mass is 9.95. The molecule has 2 amide bonds. The molecule has 4 aromatic heterocycles. The van der Waals surface area contributed by atoms with E-state index in [0.29, 0.717) is 68.2 Å². The Bertz CT molecular complexity index is 5680. The lowest BCUT2D eigenvalue weighted by Crippen LogP contribution is -2.34. The third-order valence-electron chi connectivity index (χ3n) is 18.4. The van der Waals surface area contributed by atoms with Crippen LogP contribution in [0.25, 0.3) is 87.2 Å². The molecule has 10 aromatic carbocycles. The van der Waals surface area contributed by atoms with Crippen molar-refractivity contribution in [3.8, 4) is 0 Å². The minimum absolute atomic E-state index is 0. The quantitative estimate of drug-likeness (QED) is 0.0324. The first-order valence-corrected chi connectivity index (χ1v) is 40.3. The van der Waals surface area contributed by atoms with Crippen LogP contribution in [0.4, 0.5) is 11.4 Å². The average Bonchev–Trinajstić information content (AvgIpc) is 0.767. The Balaban J connectivity index is 0.000000158. The largest absolute Gasteiger partial charge is 0.465 e. The summed E-state index contributed by atoms with van der Waals surface area (Å²) in [5.74, 6) is -1.25. The normalized spacial score (nSPS) is 11.1. The van der Waals surface area contributed by atoms with E-state index >= 15 is 0 Å². The number of nitrogens with one attached hydrogen (secondary N) is 4. The van der Waals surface area contributed by atoms with Gasteiger partial charge in [0.25, 0.3) is 11.8 Å². The molecular formula is C85H78Cl2I5N9O9. The van der Waals surface area contributed by atoms with Crippen LogP contribution in [0.3, 0.4) is 0 Å². The highest BCUT2D eigenvalue weighted by atomic mass is 127. The number of aromatic nitrogens is 4. The van der Waals surface area contributed by atoms with E-state index in [4.69, 9.17) is 24.2 Å². The molecule has 0 radical (unpaired) electrons. The van der Waals surface area contributed by atoms with Crippen LogP contribution >= 0.6 is 138 Å². The lowest BCUT2D eigenvalue weighted by molar-refractivity contribution is 0.0593. The fourth-order valence-corrected chi connectivity index (χ4v) is 15.0. The molecule has 4 N–H and O–H groups in total. The number of hydrogen-bond donors (Lipinski definition) is 4. The van der Waals surface area contributed by atoms with E-state index in [2.05, 4.69) is 231 Å². The number of pyridine rings is 4. The molecule has 1 aliphatic rings. The van der Waals surface area contributed by atoms with E-state index in [1.54, 1.807) is 36.4 Å². The first-order valence-electron chi connectivity index (χ1n) is 34.9. The van der Waals surface area contributed by atoms with Gasteiger partial charge < -0.3 is 44.9 Å². The topological polar surface area (TPSA) is 227 Å². The van der Waals surface area contributed by atoms with Crippen LogP contribution in [0, 0.1) is 17.9 Å². The molecule has 18 nitrogen and oxygen atoms in total. The number of hydrogen-bond acceptors (Lipinski definition) is 15. The average molecular weight is 2080 g/mol. The maximum atomic E-state index is 12.6. The number of benzene rings is 10. The van der Waals surface area contributed by atoms with E-state index in [-0.39, 0.29) is 54.0 Å². The number of aromatic amines is 1. The number of amides is 2. The predicted octanol–water partition coefficient (Wildman–Crippen LogP) is 19.5. The molecule has 0 saturated carbocycles. The van der Waals surface area contributed by atoms with Crippen LogP contribution in [-0.2, 0) is 20.6 Å². The van der Waals surface area contributed by atoms with Crippen molar-refractivity contribution in [2.75, 3.05) is 79.0 Å². The molecule has 0 fully saturated rings.